The van der Waals surface area contributed by atoms with Gasteiger partial charge in [-0.15, -0.1) is 0 Å². The van der Waals surface area contributed by atoms with Gasteiger partial charge in [0.25, 0.3) is 0 Å². The van der Waals surface area contributed by atoms with E-state index in [2.05, 4.69) is 32.2 Å². The second kappa shape index (κ2) is 5.96. The van der Waals surface area contributed by atoms with Crippen LogP contribution in [0.4, 0.5) is 5.69 Å². The molecule has 116 valence electrons. The molecule has 1 aromatic carbocycles. The molecule has 0 bridgehead atoms. The van der Waals surface area contributed by atoms with Gasteiger partial charge >= 0.3 is 5.97 Å². The molecule has 2 rings (SSSR count). The van der Waals surface area contributed by atoms with E-state index in [1.54, 1.807) is 7.11 Å². The number of ether oxygens (including phenoxy) is 1. The zero-order valence-corrected chi connectivity index (χ0v) is 13.3. The zero-order chi connectivity index (χ0) is 15.6. The number of hydrogen-bond acceptors (Lipinski definition) is 3. The first-order chi connectivity index (χ1) is 9.85. The number of benzene rings is 1. The molecular weight excluding hydrogens is 266 g/mol. The van der Waals surface area contributed by atoms with Crippen molar-refractivity contribution in [3.63, 3.8) is 0 Å². The van der Waals surface area contributed by atoms with Crippen molar-refractivity contribution in [2.24, 2.45) is 5.92 Å². The van der Waals surface area contributed by atoms with Crippen molar-refractivity contribution in [1.29, 1.82) is 0 Å². The number of fused-ring (bicyclic) bond motifs is 1. The first-order valence-corrected chi connectivity index (χ1v) is 7.53. The summed E-state index contributed by atoms with van der Waals surface area (Å²) in [6, 6.07) is 6.15. The van der Waals surface area contributed by atoms with Crippen LogP contribution in [0.5, 0.6) is 5.75 Å². The summed E-state index contributed by atoms with van der Waals surface area (Å²) in [7, 11) is 1.67. The highest BCUT2D eigenvalue weighted by Crippen LogP contribution is 2.46. The number of methoxy groups -OCH3 is 1. The Morgan fingerprint density at radius 2 is 2.14 bits per heavy atom. The molecule has 2 unspecified atom stereocenters. The van der Waals surface area contributed by atoms with Crippen LogP contribution in [0, 0.1) is 5.92 Å². The van der Waals surface area contributed by atoms with Crippen molar-refractivity contribution < 1.29 is 14.6 Å². The Labute approximate surface area is 126 Å². The Balaban J connectivity index is 2.21. The lowest BCUT2D eigenvalue weighted by Crippen LogP contribution is -2.45. The van der Waals surface area contributed by atoms with E-state index in [-0.39, 0.29) is 12.0 Å². The number of carboxylic acid groups (broad SMARTS) is 1. The molecular formula is C17H25NO3. The lowest BCUT2D eigenvalue weighted by molar-refractivity contribution is -0.137. The van der Waals surface area contributed by atoms with Gasteiger partial charge < -0.3 is 15.2 Å². The van der Waals surface area contributed by atoms with Crippen LogP contribution in [0.1, 0.15) is 51.5 Å². The largest absolute Gasteiger partial charge is 0.497 e. The van der Waals surface area contributed by atoms with Crippen LogP contribution in [0.3, 0.4) is 0 Å². The molecule has 4 nitrogen and oxygen atoms in total. The molecule has 0 radical (unpaired) electrons. The summed E-state index contributed by atoms with van der Waals surface area (Å²) >= 11 is 0. The van der Waals surface area contributed by atoms with Crippen molar-refractivity contribution in [3.8, 4) is 5.75 Å². The highest BCUT2D eigenvalue weighted by Gasteiger charge is 2.39. The number of rotatable bonds is 5. The number of aliphatic carboxylic acids is 1. The normalized spacial score (nSPS) is 23.0. The van der Waals surface area contributed by atoms with Gasteiger partial charge in [0.1, 0.15) is 5.75 Å². The third kappa shape index (κ3) is 3.31. The van der Waals surface area contributed by atoms with Crippen molar-refractivity contribution in [2.45, 2.75) is 51.5 Å². The van der Waals surface area contributed by atoms with Crippen LogP contribution in [0.15, 0.2) is 18.2 Å². The summed E-state index contributed by atoms with van der Waals surface area (Å²) in [6.45, 7) is 6.62. The number of anilines is 1. The number of hydrogen-bond donors (Lipinski definition) is 2. The maximum absolute atomic E-state index is 10.7. The first kappa shape index (κ1) is 15.7. The van der Waals surface area contributed by atoms with Crippen molar-refractivity contribution in [3.05, 3.63) is 23.8 Å². The molecule has 0 saturated carbocycles. The maximum atomic E-state index is 10.7. The smallest absolute Gasteiger partial charge is 0.303 e. The summed E-state index contributed by atoms with van der Waals surface area (Å²) in [5.74, 6) is 0.955. The van der Waals surface area contributed by atoms with E-state index in [1.165, 1.54) is 5.56 Å². The highest BCUT2D eigenvalue weighted by atomic mass is 16.5. The van der Waals surface area contributed by atoms with Gasteiger partial charge in [0.05, 0.1) is 7.11 Å². The lowest BCUT2D eigenvalue weighted by Gasteiger charge is -2.45. The van der Waals surface area contributed by atoms with Gasteiger partial charge in [0.15, 0.2) is 0 Å². The molecule has 1 aliphatic heterocycles. The fourth-order valence-corrected chi connectivity index (χ4v) is 3.53. The number of nitrogens with one attached hydrogen (secondary N) is 1. The van der Waals surface area contributed by atoms with E-state index < -0.39 is 5.97 Å². The average molecular weight is 291 g/mol. The van der Waals surface area contributed by atoms with E-state index in [0.29, 0.717) is 11.8 Å². The Hall–Kier alpha value is -1.71. The van der Waals surface area contributed by atoms with E-state index in [9.17, 15) is 4.79 Å². The van der Waals surface area contributed by atoms with Crippen molar-refractivity contribution in [2.75, 3.05) is 12.4 Å². The molecule has 0 fully saturated rings. The van der Waals surface area contributed by atoms with Gasteiger partial charge in [0.2, 0.25) is 0 Å². The SMILES string of the molecule is COc1ccc2c(c1)NC(C)(C)C(CCCC(=O)O)C2C. The third-order valence-electron chi connectivity index (χ3n) is 4.64. The predicted octanol–water partition coefficient (Wildman–Crippen LogP) is 3.87. The van der Waals surface area contributed by atoms with E-state index >= 15 is 0 Å². The zero-order valence-electron chi connectivity index (χ0n) is 13.3. The number of carbonyl (C=O) groups is 1. The maximum Gasteiger partial charge on any atom is 0.303 e. The summed E-state index contributed by atoms with van der Waals surface area (Å²) in [4.78, 5) is 10.7. The van der Waals surface area contributed by atoms with Crippen LogP contribution in [0.25, 0.3) is 0 Å². The van der Waals surface area contributed by atoms with Gasteiger partial charge in [-0.25, -0.2) is 0 Å². The van der Waals surface area contributed by atoms with E-state index in [1.807, 2.05) is 12.1 Å². The standard InChI is InChI=1S/C17H25NO3/c1-11-13-9-8-12(21-4)10-15(13)18-17(2,3)14(11)6-5-7-16(19)20/h8-11,14,18H,5-7H2,1-4H3,(H,19,20). The summed E-state index contributed by atoms with van der Waals surface area (Å²) < 4.78 is 5.30. The molecule has 1 aromatic rings. The molecule has 0 saturated heterocycles. The average Bonchev–Trinajstić information content (AvgIpc) is 2.40. The Morgan fingerprint density at radius 3 is 2.76 bits per heavy atom. The van der Waals surface area contributed by atoms with Crippen molar-refractivity contribution >= 4 is 11.7 Å². The third-order valence-corrected chi connectivity index (χ3v) is 4.64. The summed E-state index contributed by atoms with van der Waals surface area (Å²) in [5, 5.41) is 12.4. The fraction of sp³-hybridized carbons (Fsp3) is 0.588. The highest BCUT2D eigenvalue weighted by molar-refractivity contribution is 5.66. The molecule has 0 spiro atoms. The monoisotopic (exact) mass is 291 g/mol. The Bertz CT molecular complexity index is 525. The molecule has 2 N–H and O–H groups in total. The fourth-order valence-electron chi connectivity index (χ4n) is 3.53. The molecule has 0 amide bonds. The molecule has 0 aliphatic carbocycles. The quantitative estimate of drug-likeness (QED) is 0.864. The van der Waals surface area contributed by atoms with Gasteiger partial charge in [-0.1, -0.05) is 13.0 Å². The van der Waals surface area contributed by atoms with Crippen LogP contribution in [-0.4, -0.2) is 23.7 Å². The summed E-state index contributed by atoms with van der Waals surface area (Å²) in [5.41, 5.74) is 2.36. The molecule has 4 heteroatoms. The van der Waals surface area contributed by atoms with Crippen LogP contribution >= 0.6 is 0 Å². The molecule has 0 aromatic heterocycles. The number of carboxylic acids is 1. The van der Waals surface area contributed by atoms with Gasteiger partial charge in [-0.05, 0) is 50.2 Å². The summed E-state index contributed by atoms with van der Waals surface area (Å²) in [6.07, 6.45) is 1.88. The van der Waals surface area contributed by atoms with Crippen LogP contribution in [-0.2, 0) is 4.79 Å². The van der Waals surface area contributed by atoms with E-state index in [0.717, 1.165) is 24.3 Å². The minimum atomic E-state index is -0.714. The Kier molecular flexibility index (Phi) is 4.45. The molecule has 2 atom stereocenters. The molecule has 21 heavy (non-hydrogen) atoms. The minimum absolute atomic E-state index is 0.0582. The van der Waals surface area contributed by atoms with Gasteiger partial charge in [-0.3, -0.25) is 4.79 Å². The predicted molar refractivity (Wildman–Crippen MR) is 84.1 cm³/mol. The first-order valence-electron chi connectivity index (χ1n) is 7.53. The minimum Gasteiger partial charge on any atom is -0.497 e. The van der Waals surface area contributed by atoms with Gasteiger partial charge in [-0.2, -0.15) is 0 Å². The second-order valence-corrected chi connectivity index (χ2v) is 6.48. The second-order valence-electron chi connectivity index (χ2n) is 6.48. The van der Waals surface area contributed by atoms with Crippen molar-refractivity contribution in [1.82, 2.24) is 0 Å². The van der Waals surface area contributed by atoms with Crippen LogP contribution < -0.4 is 10.1 Å². The lowest BCUT2D eigenvalue weighted by atomic mass is 9.70. The van der Waals surface area contributed by atoms with E-state index in [4.69, 9.17) is 9.84 Å². The molecule has 1 heterocycles. The molecule has 1 aliphatic rings. The van der Waals surface area contributed by atoms with Crippen LogP contribution in [0.2, 0.25) is 0 Å². The topological polar surface area (TPSA) is 58.6 Å². The van der Waals surface area contributed by atoms with Gasteiger partial charge in [0, 0.05) is 23.7 Å². The Morgan fingerprint density at radius 1 is 1.43 bits per heavy atom.